The van der Waals surface area contributed by atoms with Crippen LogP contribution in [-0.2, 0) is 0 Å². The van der Waals surface area contributed by atoms with Gasteiger partial charge in [0.15, 0.2) is 0 Å². The van der Waals surface area contributed by atoms with E-state index in [9.17, 15) is 30.6 Å². The topological polar surface area (TPSA) is 121 Å². The van der Waals surface area contributed by atoms with Crippen LogP contribution < -0.4 is 0 Å². The maximum atomic E-state index is 11.8. The van der Waals surface area contributed by atoms with E-state index in [2.05, 4.69) is 6.58 Å². The average molecular weight is 368 g/mol. The molecule has 0 aromatic carbocycles. The fourth-order valence-corrected chi connectivity index (χ4v) is 7.19. The van der Waals surface area contributed by atoms with Crippen molar-refractivity contribution in [1.29, 1.82) is 0 Å². The molecular formula is C20H32O6. The smallest absolute Gasteiger partial charge is 0.105 e. The van der Waals surface area contributed by atoms with Crippen molar-refractivity contribution in [3.63, 3.8) is 0 Å². The van der Waals surface area contributed by atoms with Crippen LogP contribution in [0.1, 0.15) is 52.9 Å². The Morgan fingerprint density at radius 3 is 2.23 bits per heavy atom. The van der Waals surface area contributed by atoms with Crippen LogP contribution in [0.4, 0.5) is 0 Å². The zero-order valence-corrected chi connectivity index (χ0v) is 15.8. The fourth-order valence-electron chi connectivity index (χ4n) is 7.19. The van der Waals surface area contributed by atoms with Crippen molar-refractivity contribution in [3.05, 3.63) is 12.2 Å². The molecule has 6 heteroatoms. The first-order chi connectivity index (χ1) is 11.8. The van der Waals surface area contributed by atoms with Gasteiger partial charge in [-0.15, -0.1) is 0 Å². The third kappa shape index (κ3) is 1.75. The summed E-state index contributed by atoms with van der Waals surface area (Å²) in [6, 6.07) is 0. The van der Waals surface area contributed by atoms with Crippen molar-refractivity contribution in [2.24, 2.45) is 22.7 Å². The van der Waals surface area contributed by atoms with Gasteiger partial charge >= 0.3 is 0 Å². The van der Waals surface area contributed by atoms with Crippen LogP contribution in [0.2, 0.25) is 0 Å². The number of aliphatic hydroxyl groups excluding tert-OH is 3. The van der Waals surface area contributed by atoms with E-state index >= 15 is 0 Å². The number of rotatable bonds is 0. The Labute approximate surface area is 154 Å². The number of hydrogen-bond donors (Lipinski definition) is 6. The molecular weight excluding hydrogens is 336 g/mol. The second-order valence-corrected chi connectivity index (χ2v) is 10.2. The minimum absolute atomic E-state index is 0.0422. The minimum atomic E-state index is -1.66. The molecule has 0 amide bonds. The second kappa shape index (κ2) is 4.91. The van der Waals surface area contributed by atoms with Gasteiger partial charge in [0.25, 0.3) is 0 Å². The first-order valence-corrected chi connectivity index (χ1v) is 9.66. The van der Waals surface area contributed by atoms with Gasteiger partial charge in [0.1, 0.15) is 5.60 Å². The van der Waals surface area contributed by atoms with Crippen LogP contribution in [-0.4, -0.2) is 65.8 Å². The fraction of sp³-hybridized carbons (Fsp3) is 0.900. The van der Waals surface area contributed by atoms with Crippen molar-refractivity contribution in [2.45, 2.75) is 88.0 Å². The molecule has 2 bridgehead atoms. The predicted octanol–water partition coefficient (Wildman–Crippen LogP) is 0.0884. The summed E-state index contributed by atoms with van der Waals surface area (Å²) in [6.45, 7) is 9.23. The van der Waals surface area contributed by atoms with Gasteiger partial charge in [-0.25, -0.2) is 0 Å². The van der Waals surface area contributed by atoms with Gasteiger partial charge in [0.05, 0.1) is 29.5 Å². The molecule has 1 spiro atoms. The van der Waals surface area contributed by atoms with E-state index in [0.29, 0.717) is 18.4 Å². The van der Waals surface area contributed by atoms with Gasteiger partial charge < -0.3 is 30.6 Å². The molecule has 4 saturated carbocycles. The number of hydrogen-bond acceptors (Lipinski definition) is 6. The Hall–Kier alpha value is -0.500. The standard InChI is InChI=1S/C20H32O6/c1-10-12-7-13(21)16(2,3)20(12,26)14(22)8-18-9-17(4,24)11(15(18)23)5-6-19(10,18)25/h11-15,21-26H,1,5-9H2,2-4H3/t11-,12-,13-,14-,15-,17+,18-,19-,20-/m0/s1. The predicted molar refractivity (Wildman–Crippen MR) is 94.0 cm³/mol. The molecule has 9 atom stereocenters. The Balaban J connectivity index is 1.91. The third-order valence-electron chi connectivity index (χ3n) is 8.93. The molecule has 0 aromatic heterocycles. The molecule has 0 saturated heterocycles. The maximum absolute atomic E-state index is 11.8. The van der Waals surface area contributed by atoms with E-state index in [1.165, 1.54) is 0 Å². The van der Waals surface area contributed by atoms with Crippen LogP contribution in [0.3, 0.4) is 0 Å². The molecule has 0 heterocycles. The molecule has 26 heavy (non-hydrogen) atoms. The summed E-state index contributed by atoms with van der Waals surface area (Å²) >= 11 is 0. The summed E-state index contributed by atoms with van der Waals surface area (Å²) in [6.07, 6.45) is -2.02. The van der Waals surface area contributed by atoms with Crippen LogP contribution in [0, 0.1) is 22.7 Å². The molecule has 4 aliphatic rings. The lowest BCUT2D eigenvalue weighted by atomic mass is 9.58. The highest BCUT2D eigenvalue weighted by Gasteiger charge is 2.76. The molecule has 0 unspecified atom stereocenters. The summed E-state index contributed by atoms with van der Waals surface area (Å²) in [5, 5.41) is 67.0. The van der Waals surface area contributed by atoms with Crippen LogP contribution in [0.15, 0.2) is 12.2 Å². The zero-order chi connectivity index (χ0) is 19.5. The van der Waals surface area contributed by atoms with Crippen LogP contribution in [0.25, 0.3) is 0 Å². The molecule has 0 aliphatic heterocycles. The average Bonchev–Trinajstić information content (AvgIpc) is 2.77. The first kappa shape index (κ1) is 18.8. The van der Waals surface area contributed by atoms with Crippen molar-refractivity contribution < 1.29 is 30.6 Å². The molecule has 6 N–H and O–H groups in total. The normalized spacial score (nSPS) is 61.1. The zero-order valence-electron chi connectivity index (χ0n) is 15.8. The van der Waals surface area contributed by atoms with Gasteiger partial charge in [0.2, 0.25) is 0 Å². The highest BCUT2D eigenvalue weighted by molar-refractivity contribution is 5.37. The Kier molecular flexibility index (Phi) is 3.56. The van der Waals surface area contributed by atoms with Crippen LogP contribution >= 0.6 is 0 Å². The highest BCUT2D eigenvalue weighted by Crippen LogP contribution is 2.69. The van der Waals surface area contributed by atoms with Gasteiger partial charge in [-0.2, -0.15) is 0 Å². The van der Waals surface area contributed by atoms with Crippen LogP contribution in [0.5, 0.6) is 0 Å². The number of aliphatic hydroxyl groups is 6. The summed E-state index contributed by atoms with van der Waals surface area (Å²) in [7, 11) is 0. The Bertz CT molecular complexity index is 659. The maximum Gasteiger partial charge on any atom is 0.105 e. The summed E-state index contributed by atoms with van der Waals surface area (Å²) < 4.78 is 0. The van der Waals surface area contributed by atoms with Crippen molar-refractivity contribution in [2.75, 3.05) is 0 Å². The quantitative estimate of drug-likeness (QED) is 0.337. The molecule has 4 rings (SSSR count). The molecule has 0 radical (unpaired) electrons. The summed E-state index contributed by atoms with van der Waals surface area (Å²) in [5.74, 6) is -1.06. The molecule has 6 nitrogen and oxygen atoms in total. The van der Waals surface area contributed by atoms with E-state index < -0.39 is 51.9 Å². The van der Waals surface area contributed by atoms with Gasteiger partial charge in [0, 0.05) is 22.7 Å². The SMILES string of the molecule is C=C1[C@@H]2C[C@H](O)C(C)(C)[C@@]2(O)[C@@H](O)C[C@@]23C[C@@](C)(O)[C@@H](CC[C@]12O)[C@@H]3O. The van der Waals surface area contributed by atoms with Gasteiger partial charge in [-0.1, -0.05) is 20.4 Å². The summed E-state index contributed by atoms with van der Waals surface area (Å²) in [4.78, 5) is 0. The van der Waals surface area contributed by atoms with E-state index in [1.54, 1.807) is 20.8 Å². The molecule has 4 fully saturated rings. The van der Waals surface area contributed by atoms with Crippen molar-refractivity contribution in [1.82, 2.24) is 0 Å². The lowest BCUT2D eigenvalue weighted by Crippen LogP contribution is -2.58. The highest BCUT2D eigenvalue weighted by atomic mass is 16.4. The van der Waals surface area contributed by atoms with Crippen molar-refractivity contribution >= 4 is 0 Å². The second-order valence-electron chi connectivity index (χ2n) is 10.2. The molecule has 148 valence electrons. The molecule has 0 aromatic rings. The first-order valence-electron chi connectivity index (χ1n) is 9.66. The minimum Gasteiger partial charge on any atom is -0.392 e. The third-order valence-corrected chi connectivity index (χ3v) is 8.93. The number of fused-ring (bicyclic) bond motifs is 2. The Morgan fingerprint density at radius 2 is 1.62 bits per heavy atom. The van der Waals surface area contributed by atoms with E-state index in [-0.39, 0.29) is 25.2 Å². The summed E-state index contributed by atoms with van der Waals surface area (Å²) in [5.41, 5.74) is -6.09. The van der Waals surface area contributed by atoms with E-state index in [1.807, 2.05) is 0 Å². The van der Waals surface area contributed by atoms with E-state index in [4.69, 9.17) is 0 Å². The monoisotopic (exact) mass is 368 g/mol. The lowest BCUT2D eigenvalue weighted by Gasteiger charge is -2.51. The lowest BCUT2D eigenvalue weighted by molar-refractivity contribution is -0.185. The van der Waals surface area contributed by atoms with Crippen molar-refractivity contribution in [3.8, 4) is 0 Å². The van der Waals surface area contributed by atoms with E-state index in [0.717, 1.165) is 0 Å². The largest absolute Gasteiger partial charge is 0.392 e. The van der Waals surface area contributed by atoms with Gasteiger partial charge in [-0.05, 0) is 44.6 Å². The Morgan fingerprint density at radius 1 is 1.00 bits per heavy atom. The van der Waals surface area contributed by atoms with Gasteiger partial charge in [-0.3, -0.25) is 0 Å². The molecule has 4 aliphatic carbocycles.